The predicted octanol–water partition coefficient (Wildman–Crippen LogP) is 13.0. The van der Waals surface area contributed by atoms with Gasteiger partial charge in [-0.25, -0.2) is 9.97 Å². The van der Waals surface area contributed by atoms with Gasteiger partial charge in [0.05, 0.1) is 45.0 Å². The molecule has 5 nitrogen and oxygen atoms in total. The van der Waals surface area contributed by atoms with Crippen LogP contribution in [0.25, 0.3) is 105 Å². The predicted molar refractivity (Wildman–Crippen MR) is 234 cm³/mol. The Morgan fingerprint density at radius 2 is 0.930 bits per heavy atom. The molecule has 6 aromatic carbocycles. The van der Waals surface area contributed by atoms with Crippen molar-refractivity contribution in [3.05, 3.63) is 200 Å². The summed E-state index contributed by atoms with van der Waals surface area (Å²) in [4.78, 5) is 19.7. The van der Waals surface area contributed by atoms with Crippen LogP contribution in [0.4, 0.5) is 0 Å². The summed E-state index contributed by atoms with van der Waals surface area (Å²) in [6.45, 7) is 0. The van der Waals surface area contributed by atoms with Gasteiger partial charge in [-0.1, -0.05) is 121 Å². The zero-order chi connectivity index (χ0) is 37.7. The number of para-hydroxylation sites is 2. The van der Waals surface area contributed by atoms with Gasteiger partial charge in [0, 0.05) is 45.2 Å². The summed E-state index contributed by atoms with van der Waals surface area (Å²) in [6, 6.07) is 66.0. The molecule has 5 heteroatoms. The van der Waals surface area contributed by atoms with Crippen LogP contribution in [0.2, 0.25) is 0 Å². The second kappa shape index (κ2) is 13.5. The molecule has 0 aliphatic heterocycles. The molecule has 0 amide bonds. The molecule has 0 radical (unpaired) electrons. The Labute approximate surface area is 329 Å². The first-order valence-electron chi connectivity index (χ1n) is 19.1. The van der Waals surface area contributed by atoms with E-state index in [-0.39, 0.29) is 0 Å². The van der Waals surface area contributed by atoms with E-state index in [1.165, 1.54) is 32.6 Å². The SMILES string of the molecule is c1ccc(-c2nc3cc(-c4ccc(-c5cc(-c6ccccn6)nc(-c6ccccn6)c5)cc4)ccc3c3ccc4c(c5ccccc5n4-c4ccccc4)c23)cc1. The van der Waals surface area contributed by atoms with Gasteiger partial charge < -0.3 is 4.57 Å². The molecule has 0 bridgehead atoms. The van der Waals surface area contributed by atoms with Gasteiger partial charge in [-0.3, -0.25) is 9.97 Å². The van der Waals surface area contributed by atoms with Gasteiger partial charge in [-0.2, -0.15) is 0 Å². The van der Waals surface area contributed by atoms with E-state index >= 15 is 0 Å². The van der Waals surface area contributed by atoms with E-state index < -0.39 is 0 Å². The number of aromatic nitrogens is 5. The van der Waals surface area contributed by atoms with Gasteiger partial charge >= 0.3 is 0 Å². The second-order valence-corrected chi connectivity index (χ2v) is 14.3. The Kier molecular flexibility index (Phi) is 7.74. The zero-order valence-corrected chi connectivity index (χ0v) is 30.8. The summed E-state index contributed by atoms with van der Waals surface area (Å²) in [5, 5.41) is 5.92. The quantitative estimate of drug-likeness (QED) is 0.160. The summed E-state index contributed by atoms with van der Waals surface area (Å²) < 4.78 is 2.38. The minimum atomic E-state index is 0.807. The van der Waals surface area contributed by atoms with Gasteiger partial charge in [-0.05, 0) is 94.4 Å². The van der Waals surface area contributed by atoms with Crippen LogP contribution in [-0.4, -0.2) is 24.5 Å². The number of fused-ring (bicyclic) bond motifs is 7. The van der Waals surface area contributed by atoms with Gasteiger partial charge in [-0.15, -0.1) is 0 Å². The van der Waals surface area contributed by atoms with E-state index in [4.69, 9.17) is 9.97 Å². The second-order valence-electron chi connectivity index (χ2n) is 14.3. The third-order valence-electron chi connectivity index (χ3n) is 10.9. The van der Waals surface area contributed by atoms with E-state index in [0.29, 0.717) is 0 Å². The zero-order valence-electron chi connectivity index (χ0n) is 30.8. The monoisotopic (exact) mass is 727 g/mol. The van der Waals surface area contributed by atoms with Crippen molar-refractivity contribution in [3.63, 3.8) is 0 Å². The van der Waals surface area contributed by atoms with Crippen molar-refractivity contribution in [3.8, 4) is 62.0 Å². The molecule has 0 atom stereocenters. The van der Waals surface area contributed by atoms with Crippen LogP contribution >= 0.6 is 0 Å². The Morgan fingerprint density at radius 3 is 1.61 bits per heavy atom. The number of rotatable bonds is 6. The molecule has 0 unspecified atom stereocenters. The van der Waals surface area contributed by atoms with E-state index in [1.54, 1.807) is 12.4 Å². The van der Waals surface area contributed by atoms with E-state index in [0.717, 1.165) is 72.9 Å². The lowest BCUT2D eigenvalue weighted by Gasteiger charge is -2.14. The summed E-state index contributed by atoms with van der Waals surface area (Å²) in [5.74, 6) is 0. The maximum Gasteiger partial charge on any atom is 0.0900 e. The lowest BCUT2D eigenvalue weighted by Crippen LogP contribution is -1.94. The Balaban J connectivity index is 1.06. The molecule has 5 aromatic heterocycles. The number of hydrogen-bond donors (Lipinski definition) is 0. The Bertz CT molecular complexity index is 3190. The molecule has 11 rings (SSSR count). The lowest BCUT2D eigenvalue weighted by atomic mass is 9.94. The average Bonchev–Trinajstić information content (AvgIpc) is 3.64. The summed E-state index contributed by atoms with van der Waals surface area (Å²) in [6.07, 6.45) is 3.60. The number of nitrogens with zero attached hydrogens (tertiary/aromatic N) is 5. The molecule has 57 heavy (non-hydrogen) atoms. The van der Waals surface area contributed by atoms with Gasteiger partial charge in [0.15, 0.2) is 0 Å². The molecule has 0 N–H and O–H groups in total. The highest BCUT2D eigenvalue weighted by Crippen LogP contribution is 2.43. The maximum atomic E-state index is 5.51. The number of benzene rings is 6. The molecule has 0 aliphatic rings. The first kappa shape index (κ1) is 32.7. The summed E-state index contributed by atoms with van der Waals surface area (Å²) >= 11 is 0. The van der Waals surface area contributed by atoms with Crippen molar-refractivity contribution in [2.24, 2.45) is 0 Å². The van der Waals surface area contributed by atoms with Crippen molar-refractivity contribution < 1.29 is 0 Å². The summed E-state index contributed by atoms with van der Waals surface area (Å²) in [5.41, 5.74) is 14.1. The fourth-order valence-electron chi connectivity index (χ4n) is 8.24. The van der Waals surface area contributed by atoms with Crippen molar-refractivity contribution >= 4 is 43.5 Å². The molecule has 266 valence electrons. The molecular weight excluding hydrogens is 695 g/mol. The minimum absolute atomic E-state index is 0.807. The topological polar surface area (TPSA) is 56.5 Å². The molecule has 0 saturated carbocycles. The maximum absolute atomic E-state index is 5.51. The highest BCUT2D eigenvalue weighted by molar-refractivity contribution is 6.28. The van der Waals surface area contributed by atoms with E-state index in [9.17, 15) is 0 Å². The standard InChI is InChI=1S/C52H33N5/c1-3-13-36(14-4-1)52-51-41(27-28-49-50(51)42-17-7-8-20-48(42)57(49)39-15-5-2-6-16-39)40-26-25-37(31-45(40)56-52)34-21-23-35(24-22-34)38-32-46(43-18-9-11-29-53-43)55-47(33-38)44-19-10-12-30-54-44/h1-33H. The number of hydrogen-bond acceptors (Lipinski definition) is 4. The molecule has 0 fully saturated rings. The summed E-state index contributed by atoms with van der Waals surface area (Å²) in [7, 11) is 0. The molecule has 11 aromatic rings. The molecule has 0 spiro atoms. The lowest BCUT2D eigenvalue weighted by molar-refractivity contribution is 1.18. The van der Waals surface area contributed by atoms with Crippen molar-refractivity contribution in [1.82, 2.24) is 24.5 Å². The third-order valence-corrected chi connectivity index (χ3v) is 10.9. The van der Waals surface area contributed by atoms with E-state index in [2.05, 4.69) is 166 Å². The van der Waals surface area contributed by atoms with E-state index in [1.807, 2.05) is 36.4 Å². The normalized spacial score (nSPS) is 11.5. The first-order valence-corrected chi connectivity index (χ1v) is 19.1. The van der Waals surface area contributed by atoms with Crippen LogP contribution in [0.5, 0.6) is 0 Å². The van der Waals surface area contributed by atoms with Crippen LogP contribution < -0.4 is 0 Å². The van der Waals surface area contributed by atoms with Crippen molar-refractivity contribution in [2.45, 2.75) is 0 Å². The fourth-order valence-corrected chi connectivity index (χ4v) is 8.24. The molecule has 5 heterocycles. The molecule has 0 saturated heterocycles. The average molecular weight is 728 g/mol. The molecular formula is C52H33N5. The Morgan fingerprint density at radius 1 is 0.333 bits per heavy atom. The third kappa shape index (κ3) is 5.64. The first-order chi connectivity index (χ1) is 28.3. The largest absolute Gasteiger partial charge is 0.309 e. The van der Waals surface area contributed by atoms with Crippen LogP contribution in [0.1, 0.15) is 0 Å². The van der Waals surface area contributed by atoms with Crippen LogP contribution in [-0.2, 0) is 0 Å². The van der Waals surface area contributed by atoms with Crippen LogP contribution in [0.15, 0.2) is 200 Å². The van der Waals surface area contributed by atoms with Crippen molar-refractivity contribution in [2.75, 3.05) is 0 Å². The van der Waals surface area contributed by atoms with Crippen LogP contribution in [0, 0.1) is 0 Å². The Hall–Kier alpha value is -7.76. The van der Waals surface area contributed by atoms with Crippen molar-refractivity contribution in [1.29, 1.82) is 0 Å². The minimum Gasteiger partial charge on any atom is -0.309 e. The number of pyridine rings is 4. The van der Waals surface area contributed by atoms with Gasteiger partial charge in [0.1, 0.15) is 0 Å². The smallest absolute Gasteiger partial charge is 0.0900 e. The molecule has 0 aliphatic carbocycles. The van der Waals surface area contributed by atoms with Gasteiger partial charge in [0.2, 0.25) is 0 Å². The van der Waals surface area contributed by atoms with Crippen LogP contribution in [0.3, 0.4) is 0 Å². The highest BCUT2D eigenvalue weighted by Gasteiger charge is 2.20. The highest BCUT2D eigenvalue weighted by atomic mass is 15.0. The fraction of sp³-hybridized carbons (Fsp3) is 0. The van der Waals surface area contributed by atoms with Gasteiger partial charge in [0.25, 0.3) is 0 Å².